The predicted molar refractivity (Wildman–Crippen MR) is 106 cm³/mol. The number of anilines is 1. The summed E-state index contributed by atoms with van der Waals surface area (Å²) in [6, 6.07) is 15.1. The van der Waals surface area contributed by atoms with E-state index < -0.39 is 0 Å². The van der Waals surface area contributed by atoms with Crippen LogP contribution in [0.3, 0.4) is 0 Å². The maximum Gasteiger partial charge on any atom is 0.124 e. The molecule has 0 amide bonds. The second-order valence-corrected chi connectivity index (χ2v) is 6.96. The Morgan fingerprint density at radius 3 is 2.81 bits per heavy atom. The predicted octanol–water partition coefficient (Wildman–Crippen LogP) is 4.58. The van der Waals surface area contributed by atoms with E-state index in [9.17, 15) is 0 Å². The molecule has 0 bridgehead atoms. The van der Waals surface area contributed by atoms with E-state index in [1.165, 1.54) is 35.0 Å². The van der Waals surface area contributed by atoms with Gasteiger partial charge in [0.05, 0.1) is 24.5 Å². The zero-order chi connectivity index (χ0) is 17.9. The quantitative estimate of drug-likeness (QED) is 0.692. The molecule has 1 aromatic heterocycles. The van der Waals surface area contributed by atoms with Crippen molar-refractivity contribution in [2.24, 2.45) is 0 Å². The third-order valence-electron chi connectivity index (χ3n) is 5.43. The molecule has 0 radical (unpaired) electrons. The number of ether oxygens (including phenoxy) is 1. The molecule has 1 atom stereocenters. The lowest BCUT2D eigenvalue weighted by atomic mass is 9.90. The fourth-order valence-electron chi connectivity index (χ4n) is 4.03. The molecule has 0 saturated carbocycles. The van der Waals surface area contributed by atoms with Crippen molar-refractivity contribution < 1.29 is 4.74 Å². The molecular formula is C22H25N3O. The molecule has 4 nitrogen and oxygen atoms in total. The van der Waals surface area contributed by atoms with Crippen molar-refractivity contribution in [2.45, 2.75) is 32.1 Å². The summed E-state index contributed by atoms with van der Waals surface area (Å²) >= 11 is 0. The largest absolute Gasteiger partial charge is 0.496 e. The molecule has 4 heteroatoms. The molecule has 0 spiro atoms. The Kier molecular flexibility index (Phi) is 4.74. The number of hydrogen-bond donors (Lipinski definition) is 0. The van der Waals surface area contributed by atoms with Crippen molar-refractivity contribution >= 4 is 16.6 Å². The fraction of sp³-hybridized carbons (Fsp3) is 0.364. The second-order valence-electron chi connectivity index (χ2n) is 6.96. The van der Waals surface area contributed by atoms with Crippen LogP contribution in [0.2, 0.25) is 0 Å². The number of aromatic nitrogens is 2. The topological polar surface area (TPSA) is 38.2 Å². The van der Waals surface area contributed by atoms with E-state index in [1.54, 1.807) is 7.11 Å². The smallest absolute Gasteiger partial charge is 0.124 e. The molecule has 0 unspecified atom stereocenters. The Balaban J connectivity index is 1.71. The Morgan fingerprint density at radius 1 is 1.19 bits per heavy atom. The maximum absolute atomic E-state index is 5.52. The van der Waals surface area contributed by atoms with Gasteiger partial charge in [-0.3, -0.25) is 0 Å². The zero-order valence-corrected chi connectivity index (χ0v) is 15.5. The van der Waals surface area contributed by atoms with Crippen molar-refractivity contribution in [1.82, 2.24) is 10.2 Å². The van der Waals surface area contributed by atoms with Crippen molar-refractivity contribution in [3.05, 3.63) is 59.8 Å². The summed E-state index contributed by atoms with van der Waals surface area (Å²) in [5.74, 6) is 1.46. The minimum absolute atomic E-state index is 0.567. The van der Waals surface area contributed by atoms with Gasteiger partial charge in [-0.15, -0.1) is 0 Å². The number of hydrogen-bond acceptors (Lipinski definition) is 4. The Labute approximate surface area is 154 Å². The minimum atomic E-state index is 0.567. The maximum atomic E-state index is 5.52. The first-order valence-corrected chi connectivity index (χ1v) is 9.42. The van der Waals surface area contributed by atoms with Crippen LogP contribution in [0.5, 0.6) is 5.75 Å². The third-order valence-corrected chi connectivity index (χ3v) is 5.43. The van der Waals surface area contributed by atoms with Crippen LogP contribution in [0, 0.1) is 0 Å². The molecule has 1 aliphatic heterocycles. The van der Waals surface area contributed by atoms with Crippen molar-refractivity contribution in [3.8, 4) is 5.75 Å². The Morgan fingerprint density at radius 2 is 2.04 bits per heavy atom. The summed E-state index contributed by atoms with van der Waals surface area (Å²) in [5.41, 5.74) is 4.73. The lowest BCUT2D eigenvalue weighted by molar-refractivity contribution is 0.410. The first kappa shape index (κ1) is 16.8. The minimum Gasteiger partial charge on any atom is -0.496 e. The Bertz CT molecular complexity index is 895. The van der Waals surface area contributed by atoms with E-state index in [2.05, 4.69) is 58.4 Å². The summed E-state index contributed by atoms with van der Waals surface area (Å²) in [7, 11) is 1.71. The van der Waals surface area contributed by atoms with E-state index in [1.807, 2.05) is 12.3 Å². The van der Waals surface area contributed by atoms with Crippen molar-refractivity contribution in [1.29, 1.82) is 0 Å². The molecule has 0 N–H and O–H groups in total. The molecule has 0 aliphatic carbocycles. The zero-order valence-electron chi connectivity index (χ0n) is 15.5. The van der Waals surface area contributed by atoms with Gasteiger partial charge in [0.15, 0.2) is 0 Å². The number of aryl methyl sites for hydroxylation is 1. The Hall–Kier alpha value is -2.62. The lowest BCUT2D eigenvalue weighted by Gasteiger charge is -2.35. The summed E-state index contributed by atoms with van der Waals surface area (Å²) in [6.45, 7) is 4.25. The van der Waals surface area contributed by atoms with Gasteiger partial charge in [0.2, 0.25) is 0 Å². The average Bonchev–Trinajstić information content (AvgIpc) is 2.73. The highest BCUT2D eigenvalue weighted by Gasteiger charge is 2.23. The van der Waals surface area contributed by atoms with Crippen LogP contribution in [0.25, 0.3) is 10.9 Å². The molecule has 1 fully saturated rings. The SMILES string of the molecule is CCc1cc2c(N3CCC[C@H](c4ccccc4)C3)cnnc2cc1OC. The van der Waals surface area contributed by atoms with Gasteiger partial charge in [-0.1, -0.05) is 37.3 Å². The van der Waals surface area contributed by atoms with E-state index in [0.717, 1.165) is 30.8 Å². The summed E-state index contributed by atoms with van der Waals surface area (Å²) in [5, 5.41) is 9.78. The average molecular weight is 347 g/mol. The summed E-state index contributed by atoms with van der Waals surface area (Å²) in [4.78, 5) is 2.48. The van der Waals surface area contributed by atoms with Gasteiger partial charge in [-0.25, -0.2) is 0 Å². The van der Waals surface area contributed by atoms with Crippen molar-refractivity contribution in [2.75, 3.05) is 25.1 Å². The van der Waals surface area contributed by atoms with Gasteiger partial charge in [-0.05, 0) is 36.5 Å². The van der Waals surface area contributed by atoms with E-state index in [0.29, 0.717) is 5.92 Å². The van der Waals surface area contributed by atoms with Gasteiger partial charge < -0.3 is 9.64 Å². The number of nitrogens with zero attached hydrogens (tertiary/aromatic N) is 3. The monoisotopic (exact) mass is 347 g/mol. The van der Waals surface area contributed by atoms with Gasteiger partial charge in [0.1, 0.15) is 5.75 Å². The lowest BCUT2D eigenvalue weighted by Crippen LogP contribution is -2.34. The normalized spacial score (nSPS) is 17.5. The van der Waals surface area contributed by atoms with Crippen LogP contribution >= 0.6 is 0 Å². The highest BCUT2D eigenvalue weighted by molar-refractivity contribution is 5.92. The van der Waals surface area contributed by atoms with Gasteiger partial charge >= 0.3 is 0 Å². The molecule has 1 aliphatic rings. The van der Waals surface area contributed by atoms with Crippen LogP contribution in [-0.2, 0) is 6.42 Å². The molecule has 134 valence electrons. The number of benzene rings is 2. The number of rotatable bonds is 4. The highest BCUT2D eigenvalue weighted by atomic mass is 16.5. The molecular weight excluding hydrogens is 322 g/mol. The highest BCUT2D eigenvalue weighted by Crippen LogP contribution is 2.35. The molecule has 2 aromatic carbocycles. The molecule has 26 heavy (non-hydrogen) atoms. The van der Waals surface area contributed by atoms with Crippen LogP contribution in [0.1, 0.15) is 36.8 Å². The number of fused-ring (bicyclic) bond motifs is 1. The third kappa shape index (κ3) is 3.12. The van der Waals surface area contributed by atoms with Gasteiger partial charge in [0, 0.05) is 30.5 Å². The molecule has 1 saturated heterocycles. The molecule has 2 heterocycles. The summed E-state index contributed by atoms with van der Waals surface area (Å²) < 4.78 is 5.52. The van der Waals surface area contributed by atoms with Crippen molar-refractivity contribution in [3.63, 3.8) is 0 Å². The first-order valence-electron chi connectivity index (χ1n) is 9.42. The van der Waals surface area contributed by atoms with Crippen LogP contribution in [0.15, 0.2) is 48.7 Å². The van der Waals surface area contributed by atoms with Gasteiger partial charge in [0.25, 0.3) is 0 Å². The van der Waals surface area contributed by atoms with Crippen LogP contribution in [0.4, 0.5) is 5.69 Å². The number of methoxy groups -OCH3 is 1. The number of piperidine rings is 1. The van der Waals surface area contributed by atoms with Crippen LogP contribution in [-0.4, -0.2) is 30.4 Å². The van der Waals surface area contributed by atoms with E-state index in [-0.39, 0.29) is 0 Å². The van der Waals surface area contributed by atoms with E-state index >= 15 is 0 Å². The fourth-order valence-corrected chi connectivity index (χ4v) is 4.03. The molecule has 4 rings (SSSR count). The summed E-state index contributed by atoms with van der Waals surface area (Å²) in [6.07, 6.45) is 5.29. The van der Waals surface area contributed by atoms with E-state index in [4.69, 9.17) is 4.74 Å². The first-order chi connectivity index (χ1) is 12.8. The van der Waals surface area contributed by atoms with Gasteiger partial charge in [-0.2, -0.15) is 10.2 Å². The second kappa shape index (κ2) is 7.32. The molecule has 3 aromatic rings. The standard InChI is InChI=1S/C22H25N3O/c1-3-16-12-19-20(13-22(16)26-2)24-23-14-21(19)25-11-7-10-18(15-25)17-8-5-4-6-9-17/h4-6,8-9,12-14,18H,3,7,10-11,15H2,1-2H3/t18-/m0/s1. The van der Waals surface area contributed by atoms with Crippen LogP contribution < -0.4 is 9.64 Å².